The summed E-state index contributed by atoms with van der Waals surface area (Å²) in [6, 6.07) is 16.2. The van der Waals surface area contributed by atoms with Crippen molar-refractivity contribution in [3.05, 3.63) is 64.1 Å². The highest BCUT2D eigenvalue weighted by Gasteiger charge is 2.00. The summed E-state index contributed by atoms with van der Waals surface area (Å²) in [5.74, 6) is 0.937. The fourth-order valence-electron chi connectivity index (χ4n) is 1.51. The molecular formula is C16H19BrO. The number of aryl methyl sites for hydroxylation is 1. The monoisotopic (exact) mass is 306 g/mol. The number of ether oxygens (including phenoxy) is 1. The predicted molar refractivity (Wildman–Crippen MR) is 81.0 cm³/mol. The van der Waals surface area contributed by atoms with Crippen LogP contribution in [0, 0.1) is 6.92 Å². The van der Waals surface area contributed by atoms with E-state index in [4.69, 9.17) is 4.74 Å². The Balaban J connectivity index is 0.000000771. The van der Waals surface area contributed by atoms with Gasteiger partial charge >= 0.3 is 0 Å². The molecular weight excluding hydrogens is 288 g/mol. The number of hydrogen-bond acceptors (Lipinski definition) is 1. The lowest BCUT2D eigenvalue weighted by molar-refractivity contribution is 0.304. The molecule has 96 valence electrons. The van der Waals surface area contributed by atoms with Gasteiger partial charge < -0.3 is 4.74 Å². The fourth-order valence-corrected chi connectivity index (χ4v) is 1.99. The van der Waals surface area contributed by atoms with E-state index in [0.717, 1.165) is 15.8 Å². The zero-order valence-corrected chi connectivity index (χ0v) is 12.7. The number of benzene rings is 2. The number of rotatable bonds is 3. The zero-order chi connectivity index (χ0) is 13.4. The molecule has 0 atom stereocenters. The van der Waals surface area contributed by atoms with Crippen LogP contribution in [0.3, 0.4) is 0 Å². The Morgan fingerprint density at radius 2 is 1.67 bits per heavy atom. The second-order valence-electron chi connectivity index (χ2n) is 3.68. The molecule has 0 saturated carbocycles. The van der Waals surface area contributed by atoms with E-state index in [0.29, 0.717) is 6.61 Å². The highest BCUT2D eigenvalue weighted by molar-refractivity contribution is 9.10. The Bertz CT molecular complexity index is 466. The van der Waals surface area contributed by atoms with Crippen molar-refractivity contribution in [3.63, 3.8) is 0 Å². The SMILES string of the molecule is CC.Cc1cc(Br)ccc1OCc1ccccc1. The summed E-state index contributed by atoms with van der Waals surface area (Å²) in [6.07, 6.45) is 0. The Kier molecular flexibility index (Phi) is 6.51. The van der Waals surface area contributed by atoms with Crippen molar-refractivity contribution in [1.82, 2.24) is 0 Å². The molecule has 0 unspecified atom stereocenters. The van der Waals surface area contributed by atoms with Crippen LogP contribution in [0.4, 0.5) is 0 Å². The van der Waals surface area contributed by atoms with E-state index in [1.165, 1.54) is 5.56 Å². The lowest BCUT2D eigenvalue weighted by Crippen LogP contribution is -1.96. The standard InChI is InChI=1S/C14H13BrO.C2H6/c1-11-9-13(15)7-8-14(11)16-10-12-5-3-2-4-6-12;1-2/h2-9H,10H2,1H3;1-2H3. The molecule has 0 aliphatic rings. The summed E-state index contributed by atoms with van der Waals surface area (Å²) in [7, 11) is 0. The molecule has 1 nitrogen and oxygen atoms in total. The van der Waals surface area contributed by atoms with Gasteiger partial charge in [0.25, 0.3) is 0 Å². The lowest BCUT2D eigenvalue weighted by Gasteiger charge is -2.09. The quantitative estimate of drug-likeness (QED) is 0.741. The average molecular weight is 307 g/mol. The van der Waals surface area contributed by atoms with Crippen molar-refractivity contribution in [2.24, 2.45) is 0 Å². The molecule has 2 rings (SSSR count). The third-order valence-electron chi connectivity index (χ3n) is 2.37. The first-order valence-electron chi connectivity index (χ1n) is 6.18. The van der Waals surface area contributed by atoms with Crippen LogP contribution in [0.2, 0.25) is 0 Å². The Morgan fingerprint density at radius 3 is 2.28 bits per heavy atom. The average Bonchev–Trinajstić information content (AvgIpc) is 2.41. The van der Waals surface area contributed by atoms with Crippen LogP contribution >= 0.6 is 15.9 Å². The van der Waals surface area contributed by atoms with Crippen LogP contribution < -0.4 is 4.74 Å². The van der Waals surface area contributed by atoms with Crippen molar-refractivity contribution in [1.29, 1.82) is 0 Å². The van der Waals surface area contributed by atoms with Gasteiger partial charge in [-0.1, -0.05) is 60.1 Å². The molecule has 0 spiro atoms. The van der Waals surface area contributed by atoms with Crippen LogP contribution in [0.25, 0.3) is 0 Å². The number of hydrogen-bond donors (Lipinski definition) is 0. The van der Waals surface area contributed by atoms with Crippen molar-refractivity contribution < 1.29 is 4.74 Å². The molecule has 0 N–H and O–H groups in total. The molecule has 18 heavy (non-hydrogen) atoms. The maximum Gasteiger partial charge on any atom is 0.122 e. The minimum atomic E-state index is 0.614. The topological polar surface area (TPSA) is 9.23 Å². The largest absolute Gasteiger partial charge is 0.489 e. The van der Waals surface area contributed by atoms with E-state index in [2.05, 4.69) is 34.1 Å². The molecule has 0 bridgehead atoms. The minimum absolute atomic E-state index is 0.614. The van der Waals surface area contributed by atoms with E-state index >= 15 is 0 Å². The maximum atomic E-state index is 5.76. The Hall–Kier alpha value is -1.28. The second-order valence-corrected chi connectivity index (χ2v) is 4.60. The third-order valence-corrected chi connectivity index (χ3v) is 2.87. The lowest BCUT2D eigenvalue weighted by atomic mass is 10.2. The summed E-state index contributed by atoms with van der Waals surface area (Å²) in [5, 5.41) is 0. The van der Waals surface area contributed by atoms with E-state index in [1.807, 2.05) is 51.1 Å². The summed E-state index contributed by atoms with van der Waals surface area (Å²) in [6.45, 7) is 6.66. The van der Waals surface area contributed by atoms with Gasteiger partial charge in [-0.2, -0.15) is 0 Å². The fraction of sp³-hybridized carbons (Fsp3) is 0.250. The summed E-state index contributed by atoms with van der Waals surface area (Å²) < 4.78 is 6.84. The minimum Gasteiger partial charge on any atom is -0.489 e. The molecule has 0 radical (unpaired) electrons. The van der Waals surface area contributed by atoms with Crippen LogP contribution in [0.15, 0.2) is 53.0 Å². The van der Waals surface area contributed by atoms with Gasteiger partial charge in [-0.3, -0.25) is 0 Å². The van der Waals surface area contributed by atoms with Crippen molar-refractivity contribution >= 4 is 15.9 Å². The molecule has 0 aromatic heterocycles. The Labute approximate surface area is 118 Å². The molecule has 0 aliphatic heterocycles. The van der Waals surface area contributed by atoms with Gasteiger partial charge in [-0.05, 0) is 36.2 Å². The van der Waals surface area contributed by atoms with Gasteiger partial charge in [-0.15, -0.1) is 0 Å². The summed E-state index contributed by atoms with van der Waals surface area (Å²) in [5.41, 5.74) is 2.33. The molecule has 0 fully saturated rings. The smallest absolute Gasteiger partial charge is 0.122 e. The van der Waals surface area contributed by atoms with Crippen molar-refractivity contribution in [2.75, 3.05) is 0 Å². The molecule has 2 aromatic rings. The van der Waals surface area contributed by atoms with Gasteiger partial charge in [-0.25, -0.2) is 0 Å². The molecule has 0 saturated heterocycles. The van der Waals surface area contributed by atoms with Gasteiger partial charge in [0.15, 0.2) is 0 Å². The number of halogens is 1. The zero-order valence-electron chi connectivity index (χ0n) is 11.1. The van der Waals surface area contributed by atoms with Crippen LogP contribution in [0.1, 0.15) is 25.0 Å². The maximum absolute atomic E-state index is 5.76. The van der Waals surface area contributed by atoms with Gasteiger partial charge in [0.1, 0.15) is 12.4 Å². The van der Waals surface area contributed by atoms with E-state index in [9.17, 15) is 0 Å². The van der Waals surface area contributed by atoms with Gasteiger partial charge in [0.2, 0.25) is 0 Å². The molecule has 2 heteroatoms. The summed E-state index contributed by atoms with van der Waals surface area (Å²) in [4.78, 5) is 0. The van der Waals surface area contributed by atoms with Gasteiger partial charge in [0.05, 0.1) is 0 Å². The van der Waals surface area contributed by atoms with Crippen molar-refractivity contribution in [2.45, 2.75) is 27.4 Å². The third kappa shape index (κ3) is 4.53. The molecule has 0 heterocycles. The summed E-state index contributed by atoms with van der Waals surface area (Å²) >= 11 is 3.44. The first-order valence-corrected chi connectivity index (χ1v) is 6.98. The van der Waals surface area contributed by atoms with E-state index in [1.54, 1.807) is 0 Å². The van der Waals surface area contributed by atoms with E-state index < -0.39 is 0 Å². The highest BCUT2D eigenvalue weighted by atomic mass is 79.9. The van der Waals surface area contributed by atoms with Gasteiger partial charge in [0, 0.05) is 4.47 Å². The van der Waals surface area contributed by atoms with Crippen LogP contribution in [-0.4, -0.2) is 0 Å². The van der Waals surface area contributed by atoms with Crippen LogP contribution in [-0.2, 0) is 6.61 Å². The first kappa shape index (κ1) is 14.8. The molecule has 2 aromatic carbocycles. The first-order chi connectivity index (χ1) is 8.75. The van der Waals surface area contributed by atoms with Crippen molar-refractivity contribution in [3.8, 4) is 5.75 Å². The van der Waals surface area contributed by atoms with Crippen LogP contribution in [0.5, 0.6) is 5.75 Å². The molecule has 0 amide bonds. The normalized spacial score (nSPS) is 9.33. The Morgan fingerprint density at radius 1 is 1.00 bits per heavy atom. The second kappa shape index (κ2) is 7.93. The molecule has 0 aliphatic carbocycles. The van der Waals surface area contributed by atoms with E-state index in [-0.39, 0.29) is 0 Å². The predicted octanol–water partition coefficient (Wildman–Crippen LogP) is 5.36. The highest BCUT2D eigenvalue weighted by Crippen LogP contribution is 2.22.